The minimum Gasteiger partial charge on any atom is -0.324 e. The Morgan fingerprint density at radius 3 is 2.27 bits per heavy atom. The number of carbonyl (C=O) groups is 1. The normalized spacial score (nSPS) is 17.1. The number of hydrogen-bond donors (Lipinski definition) is 1. The molecule has 0 aliphatic heterocycles. The lowest BCUT2D eigenvalue weighted by molar-refractivity contribution is -0.122. The lowest BCUT2D eigenvalue weighted by Gasteiger charge is -2.24. The van der Waals surface area contributed by atoms with E-state index >= 15 is 0 Å². The van der Waals surface area contributed by atoms with Crippen LogP contribution in [0.4, 0.5) is 0 Å². The summed E-state index contributed by atoms with van der Waals surface area (Å²) in [5.74, 6) is 1.40. The van der Waals surface area contributed by atoms with Crippen LogP contribution in [0.5, 0.6) is 0 Å². The van der Waals surface area contributed by atoms with Crippen LogP contribution in [0.25, 0.3) is 0 Å². The van der Waals surface area contributed by atoms with E-state index in [0.717, 1.165) is 0 Å². The van der Waals surface area contributed by atoms with Crippen molar-refractivity contribution in [2.24, 2.45) is 23.5 Å². The number of Topliss-reactive ketones (excluding diaryl/α,β-unsaturated/α-hetero) is 1. The van der Waals surface area contributed by atoms with Crippen LogP contribution < -0.4 is 5.73 Å². The third-order valence-corrected chi connectivity index (χ3v) is 3.66. The zero-order valence-corrected chi connectivity index (χ0v) is 10.8. The second-order valence-corrected chi connectivity index (χ2v) is 4.79. The Kier molecular flexibility index (Phi) is 7.67. The predicted molar refractivity (Wildman–Crippen MR) is 65.7 cm³/mol. The lowest BCUT2D eigenvalue weighted by Crippen LogP contribution is -2.29. The van der Waals surface area contributed by atoms with Crippen LogP contribution in [0.2, 0.25) is 0 Å². The first-order valence-electron chi connectivity index (χ1n) is 6.27. The van der Waals surface area contributed by atoms with Crippen LogP contribution in [0.1, 0.15) is 53.4 Å². The van der Waals surface area contributed by atoms with Crippen LogP contribution in [-0.2, 0) is 4.79 Å². The van der Waals surface area contributed by atoms with Gasteiger partial charge in [0, 0.05) is 5.92 Å². The van der Waals surface area contributed by atoms with E-state index in [2.05, 4.69) is 20.8 Å². The van der Waals surface area contributed by atoms with Gasteiger partial charge in [0.15, 0.2) is 0 Å². The second kappa shape index (κ2) is 7.86. The molecule has 0 amide bonds. The fourth-order valence-corrected chi connectivity index (χ4v) is 1.95. The summed E-state index contributed by atoms with van der Waals surface area (Å²) in [7, 11) is 0. The standard InChI is InChI=1S/C13H27NO/c1-5-6-7-8-10(2)11(3)12(4)13(15)9-14/h10-12H,5-9,14H2,1-4H3. The highest BCUT2D eigenvalue weighted by Crippen LogP contribution is 2.25. The van der Waals surface area contributed by atoms with Gasteiger partial charge >= 0.3 is 0 Å². The molecule has 0 fully saturated rings. The van der Waals surface area contributed by atoms with Crippen LogP contribution in [0.3, 0.4) is 0 Å². The zero-order valence-electron chi connectivity index (χ0n) is 10.8. The molecule has 15 heavy (non-hydrogen) atoms. The molecular weight excluding hydrogens is 186 g/mol. The largest absolute Gasteiger partial charge is 0.324 e. The van der Waals surface area contributed by atoms with Gasteiger partial charge in [-0.25, -0.2) is 0 Å². The van der Waals surface area contributed by atoms with Crippen molar-refractivity contribution in [2.75, 3.05) is 6.54 Å². The first-order chi connectivity index (χ1) is 7.04. The molecule has 0 radical (unpaired) electrons. The van der Waals surface area contributed by atoms with Gasteiger partial charge in [0.2, 0.25) is 0 Å². The molecule has 2 N–H and O–H groups in total. The molecule has 0 bridgehead atoms. The molecule has 2 heteroatoms. The summed E-state index contributed by atoms with van der Waals surface area (Å²) in [6.45, 7) is 8.84. The van der Waals surface area contributed by atoms with Crippen molar-refractivity contribution < 1.29 is 4.79 Å². The molecule has 3 atom stereocenters. The number of rotatable bonds is 8. The first kappa shape index (κ1) is 14.6. The van der Waals surface area contributed by atoms with E-state index in [1.165, 1.54) is 25.7 Å². The van der Waals surface area contributed by atoms with Crippen LogP contribution >= 0.6 is 0 Å². The number of carbonyl (C=O) groups excluding carboxylic acids is 1. The van der Waals surface area contributed by atoms with Gasteiger partial charge in [-0.15, -0.1) is 0 Å². The Bertz CT molecular complexity index is 179. The smallest absolute Gasteiger partial charge is 0.149 e. The fourth-order valence-electron chi connectivity index (χ4n) is 1.95. The van der Waals surface area contributed by atoms with E-state index in [1.807, 2.05) is 6.92 Å². The quantitative estimate of drug-likeness (QED) is 0.630. The minimum absolute atomic E-state index is 0.117. The average Bonchev–Trinajstić information content (AvgIpc) is 2.26. The first-order valence-corrected chi connectivity index (χ1v) is 6.27. The van der Waals surface area contributed by atoms with Crippen molar-refractivity contribution in [3.8, 4) is 0 Å². The van der Waals surface area contributed by atoms with Crippen LogP contribution in [-0.4, -0.2) is 12.3 Å². The van der Waals surface area contributed by atoms with E-state index in [1.54, 1.807) is 0 Å². The van der Waals surface area contributed by atoms with Crippen LogP contribution in [0, 0.1) is 17.8 Å². The molecule has 0 aromatic heterocycles. The van der Waals surface area contributed by atoms with Crippen molar-refractivity contribution in [3.05, 3.63) is 0 Å². The Labute approximate surface area is 94.6 Å². The summed E-state index contributed by atoms with van der Waals surface area (Å²) < 4.78 is 0. The Morgan fingerprint density at radius 1 is 1.20 bits per heavy atom. The van der Waals surface area contributed by atoms with E-state index in [-0.39, 0.29) is 18.2 Å². The SMILES string of the molecule is CCCCCC(C)C(C)C(C)C(=O)CN. The summed E-state index contributed by atoms with van der Waals surface area (Å²) in [5, 5.41) is 0. The van der Waals surface area contributed by atoms with E-state index in [9.17, 15) is 4.79 Å². The van der Waals surface area contributed by atoms with Gasteiger partial charge in [-0.3, -0.25) is 4.79 Å². The van der Waals surface area contributed by atoms with Crippen molar-refractivity contribution in [1.29, 1.82) is 0 Å². The maximum atomic E-state index is 11.5. The van der Waals surface area contributed by atoms with E-state index in [0.29, 0.717) is 11.8 Å². The van der Waals surface area contributed by atoms with Gasteiger partial charge < -0.3 is 5.73 Å². The van der Waals surface area contributed by atoms with Gasteiger partial charge in [-0.05, 0) is 11.8 Å². The molecule has 0 aromatic rings. The monoisotopic (exact) mass is 213 g/mol. The Balaban J connectivity index is 3.95. The van der Waals surface area contributed by atoms with Gasteiger partial charge in [0.25, 0.3) is 0 Å². The molecule has 0 rings (SSSR count). The highest BCUT2D eigenvalue weighted by molar-refractivity contribution is 5.82. The maximum absolute atomic E-state index is 11.5. The Hall–Kier alpha value is -0.370. The third kappa shape index (κ3) is 5.31. The van der Waals surface area contributed by atoms with Crippen molar-refractivity contribution in [3.63, 3.8) is 0 Å². The number of unbranched alkanes of at least 4 members (excludes halogenated alkanes) is 2. The molecule has 0 spiro atoms. The number of hydrogen-bond acceptors (Lipinski definition) is 2. The third-order valence-electron chi connectivity index (χ3n) is 3.66. The number of ketones is 1. The minimum atomic E-state index is 0.117. The molecular formula is C13H27NO. The molecule has 3 unspecified atom stereocenters. The average molecular weight is 213 g/mol. The summed E-state index contributed by atoms with van der Waals surface area (Å²) in [5.41, 5.74) is 5.38. The summed E-state index contributed by atoms with van der Waals surface area (Å²) in [6.07, 6.45) is 5.08. The molecule has 90 valence electrons. The molecule has 0 heterocycles. The predicted octanol–water partition coefficient (Wildman–Crippen LogP) is 3.00. The topological polar surface area (TPSA) is 43.1 Å². The van der Waals surface area contributed by atoms with Gasteiger partial charge in [-0.2, -0.15) is 0 Å². The second-order valence-electron chi connectivity index (χ2n) is 4.79. The highest BCUT2D eigenvalue weighted by Gasteiger charge is 2.23. The van der Waals surface area contributed by atoms with E-state index in [4.69, 9.17) is 5.73 Å². The summed E-state index contributed by atoms with van der Waals surface area (Å²) in [4.78, 5) is 11.5. The molecule has 0 aliphatic rings. The van der Waals surface area contributed by atoms with Crippen molar-refractivity contribution >= 4 is 5.78 Å². The maximum Gasteiger partial charge on any atom is 0.149 e. The highest BCUT2D eigenvalue weighted by atomic mass is 16.1. The van der Waals surface area contributed by atoms with E-state index < -0.39 is 0 Å². The lowest BCUT2D eigenvalue weighted by atomic mass is 9.80. The van der Waals surface area contributed by atoms with Crippen molar-refractivity contribution in [1.82, 2.24) is 0 Å². The Morgan fingerprint density at radius 2 is 1.80 bits per heavy atom. The molecule has 0 saturated carbocycles. The number of nitrogens with two attached hydrogens (primary N) is 1. The molecule has 0 saturated heterocycles. The van der Waals surface area contributed by atoms with Gasteiger partial charge in [-0.1, -0.05) is 53.4 Å². The molecule has 0 aliphatic carbocycles. The van der Waals surface area contributed by atoms with Gasteiger partial charge in [0.1, 0.15) is 5.78 Å². The molecule has 0 aromatic carbocycles. The summed E-state index contributed by atoms with van der Waals surface area (Å²) in [6, 6.07) is 0. The molecule has 2 nitrogen and oxygen atoms in total. The van der Waals surface area contributed by atoms with Crippen molar-refractivity contribution in [2.45, 2.75) is 53.4 Å². The van der Waals surface area contributed by atoms with Gasteiger partial charge in [0.05, 0.1) is 6.54 Å². The van der Waals surface area contributed by atoms with Crippen LogP contribution in [0.15, 0.2) is 0 Å². The zero-order chi connectivity index (χ0) is 11.8. The fraction of sp³-hybridized carbons (Fsp3) is 0.923. The summed E-state index contributed by atoms with van der Waals surface area (Å²) >= 11 is 0.